The summed E-state index contributed by atoms with van der Waals surface area (Å²) in [6, 6.07) is 1.87. The summed E-state index contributed by atoms with van der Waals surface area (Å²) in [5.74, 6) is -1.05. The standard InChI is InChI=1S/C12H12N4O3S/c1-6-4-9(8(5-13-6)10(17)18)20-12-15-14-11(19)16(12)7-2-3-7/h4-5,7H,2-3H2,1H3,(H,14,19)(H,17,18). The molecule has 2 N–H and O–H groups in total. The zero-order chi connectivity index (χ0) is 14.3. The summed E-state index contributed by atoms with van der Waals surface area (Å²) in [5, 5.41) is 16.1. The molecule has 1 saturated carbocycles. The van der Waals surface area contributed by atoms with Crippen LogP contribution >= 0.6 is 11.8 Å². The van der Waals surface area contributed by atoms with Gasteiger partial charge in [-0.2, -0.15) is 0 Å². The van der Waals surface area contributed by atoms with Gasteiger partial charge in [-0.15, -0.1) is 5.10 Å². The zero-order valence-corrected chi connectivity index (χ0v) is 11.5. The SMILES string of the molecule is Cc1cc(Sc2n[nH]c(=O)n2C2CC2)c(C(=O)O)cn1. The maximum atomic E-state index is 11.7. The highest BCUT2D eigenvalue weighted by Gasteiger charge is 2.29. The van der Waals surface area contributed by atoms with Gasteiger partial charge >= 0.3 is 11.7 Å². The molecule has 2 aromatic rings. The number of H-pyrrole nitrogens is 1. The highest BCUT2D eigenvalue weighted by atomic mass is 32.2. The molecule has 8 heteroatoms. The van der Waals surface area contributed by atoms with E-state index < -0.39 is 5.97 Å². The van der Waals surface area contributed by atoms with Crippen LogP contribution in [-0.4, -0.2) is 30.8 Å². The largest absolute Gasteiger partial charge is 0.478 e. The van der Waals surface area contributed by atoms with E-state index >= 15 is 0 Å². The van der Waals surface area contributed by atoms with Gasteiger partial charge in [-0.05, 0) is 37.6 Å². The number of hydrogen-bond acceptors (Lipinski definition) is 5. The van der Waals surface area contributed by atoms with E-state index in [0.717, 1.165) is 12.8 Å². The molecular formula is C12H12N4O3S. The molecular weight excluding hydrogens is 280 g/mol. The van der Waals surface area contributed by atoms with Crippen LogP contribution in [0, 0.1) is 6.92 Å². The second kappa shape index (κ2) is 4.78. The van der Waals surface area contributed by atoms with E-state index in [-0.39, 0.29) is 17.3 Å². The summed E-state index contributed by atoms with van der Waals surface area (Å²) in [6.45, 7) is 1.79. The van der Waals surface area contributed by atoms with E-state index in [2.05, 4.69) is 15.2 Å². The summed E-state index contributed by atoms with van der Waals surface area (Å²) >= 11 is 1.17. The van der Waals surface area contributed by atoms with E-state index in [1.165, 1.54) is 18.0 Å². The van der Waals surface area contributed by atoms with Crippen molar-refractivity contribution in [3.63, 3.8) is 0 Å². The first kappa shape index (κ1) is 12.9. The fraction of sp³-hybridized carbons (Fsp3) is 0.333. The third-order valence-electron chi connectivity index (χ3n) is 3.02. The van der Waals surface area contributed by atoms with Gasteiger partial charge in [-0.1, -0.05) is 0 Å². The molecule has 20 heavy (non-hydrogen) atoms. The van der Waals surface area contributed by atoms with Gasteiger partial charge in [0.1, 0.15) is 0 Å². The van der Waals surface area contributed by atoms with E-state index in [9.17, 15) is 14.7 Å². The van der Waals surface area contributed by atoms with Gasteiger partial charge in [0.25, 0.3) is 0 Å². The van der Waals surface area contributed by atoms with Crippen LogP contribution in [0.4, 0.5) is 0 Å². The topological polar surface area (TPSA) is 101 Å². The molecule has 0 aromatic carbocycles. The van der Waals surface area contributed by atoms with Crippen LogP contribution in [-0.2, 0) is 0 Å². The van der Waals surface area contributed by atoms with Gasteiger partial charge in [0.2, 0.25) is 0 Å². The lowest BCUT2D eigenvalue weighted by Crippen LogP contribution is -2.16. The third-order valence-corrected chi connectivity index (χ3v) is 4.05. The Kier molecular flexibility index (Phi) is 3.09. The average Bonchev–Trinajstić information content (AvgIpc) is 3.15. The Morgan fingerprint density at radius 3 is 2.95 bits per heavy atom. The van der Waals surface area contributed by atoms with Gasteiger partial charge in [-0.25, -0.2) is 14.7 Å². The predicted octanol–water partition coefficient (Wildman–Crippen LogP) is 1.46. The molecule has 0 spiro atoms. The van der Waals surface area contributed by atoms with Crippen LogP contribution in [0.15, 0.2) is 27.1 Å². The Labute approximate surface area is 118 Å². The predicted molar refractivity (Wildman–Crippen MR) is 71.2 cm³/mol. The number of hydrogen-bond donors (Lipinski definition) is 2. The maximum Gasteiger partial charge on any atom is 0.344 e. The van der Waals surface area contributed by atoms with Crippen molar-refractivity contribution in [3.05, 3.63) is 34.0 Å². The molecule has 3 rings (SSSR count). The van der Waals surface area contributed by atoms with Crippen molar-refractivity contribution in [2.24, 2.45) is 0 Å². The van der Waals surface area contributed by atoms with E-state index in [1.54, 1.807) is 17.6 Å². The summed E-state index contributed by atoms with van der Waals surface area (Å²) < 4.78 is 1.59. The number of aromatic carboxylic acids is 1. The Balaban J connectivity index is 2.01. The number of aryl methyl sites for hydroxylation is 1. The second-order valence-electron chi connectivity index (χ2n) is 4.64. The summed E-state index contributed by atoms with van der Waals surface area (Å²) in [5.41, 5.74) is 0.574. The van der Waals surface area contributed by atoms with Crippen LogP contribution in [0.25, 0.3) is 0 Å². The first-order chi connectivity index (χ1) is 9.56. The maximum absolute atomic E-state index is 11.7. The molecule has 2 heterocycles. The number of nitrogens with one attached hydrogen (secondary N) is 1. The minimum Gasteiger partial charge on any atom is -0.478 e. The lowest BCUT2D eigenvalue weighted by molar-refractivity contribution is 0.0692. The van der Waals surface area contributed by atoms with Gasteiger partial charge in [0.05, 0.1) is 5.56 Å². The van der Waals surface area contributed by atoms with Crippen molar-refractivity contribution in [1.82, 2.24) is 19.7 Å². The number of rotatable bonds is 4. The van der Waals surface area contributed by atoms with Crippen molar-refractivity contribution in [3.8, 4) is 0 Å². The Morgan fingerprint density at radius 1 is 1.55 bits per heavy atom. The highest BCUT2D eigenvalue weighted by Crippen LogP contribution is 2.38. The lowest BCUT2D eigenvalue weighted by atomic mass is 10.2. The van der Waals surface area contributed by atoms with E-state index in [4.69, 9.17) is 0 Å². The molecule has 0 aliphatic heterocycles. The number of pyridine rings is 1. The van der Waals surface area contributed by atoms with Crippen LogP contribution < -0.4 is 5.69 Å². The van der Waals surface area contributed by atoms with Gasteiger partial charge in [0.15, 0.2) is 5.16 Å². The number of aromatic nitrogens is 4. The number of nitrogens with zero attached hydrogens (tertiary/aromatic N) is 3. The fourth-order valence-corrected chi connectivity index (χ4v) is 2.99. The quantitative estimate of drug-likeness (QED) is 0.884. The normalized spacial score (nSPS) is 14.4. The molecule has 0 amide bonds. The number of carbonyl (C=O) groups is 1. The first-order valence-electron chi connectivity index (χ1n) is 6.11. The van der Waals surface area contributed by atoms with Crippen molar-refractivity contribution < 1.29 is 9.90 Å². The van der Waals surface area contributed by atoms with Crippen molar-refractivity contribution in [1.29, 1.82) is 0 Å². The van der Waals surface area contributed by atoms with Crippen molar-refractivity contribution in [2.45, 2.75) is 35.9 Å². The molecule has 1 aliphatic rings. The molecule has 0 bridgehead atoms. The first-order valence-corrected chi connectivity index (χ1v) is 6.92. The highest BCUT2D eigenvalue weighted by molar-refractivity contribution is 7.99. The minimum absolute atomic E-state index is 0.110. The average molecular weight is 292 g/mol. The number of carboxylic acids is 1. The lowest BCUT2D eigenvalue weighted by Gasteiger charge is -2.06. The number of carboxylic acid groups (broad SMARTS) is 1. The zero-order valence-electron chi connectivity index (χ0n) is 10.7. The molecule has 2 aromatic heterocycles. The smallest absolute Gasteiger partial charge is 0.344 e. The fourth-order valence-electron chi connectivity index (χ4n) is 1.90. The van der Waals surface area contributed by atoms with Crippen LogP contribution in [0.5, 0.6) is 0 Å². The Hall–Kier alpha value is -2.09. The molecule has 7 nitrogen and oxygen atoms in total. The molecule has 0 atom stereocenters. The molecule has 104 valence electrons. The Bertz CT molecular complexity index is 733. The third kappa shape index (κ3) is 2.34. The van der Waals surface area contributed by atoms with Gasteiger partial charge < -0.3 is 5.11 Å². The monoisotopic (exact) mass is 292 g/mol. The molecule has 0 radical (unpaired) electrons. The minimum atomic E-state index is -1.05. The Morgan fingerprint density at radius 2 is 2.30 bits per heavy atom. The van der Waals surface area contributed by atoms with Gasteiger partial charge in [0, 0.05) is 22.8 Å². The number of aromatic amines is 1. The van der Waals surface area contributed by atoms with Crippen molar-refractivity contribution >= 4 is 17.7 Å². The summed E-state index contributed by atoms with van der Waals surface area (Å²) in [7, 11) is 0. The van der Waals surface area contributed by atoms with Crippen LogP contribution in [0.2, 0.25) is 0 Å². The van der Waals surface area contributed by atoms with Crippen molar-refractivity contribution in [2.75, 3.05) is 0 Å². The second-order valence-corrected chi connectivity index (χ2v) is 5.65. The van der Waals surface area contributed by atoms with E-state index in [0.29, 0.717) is 15.7 Å². The van der Waals surface area contributed by atoms with Gasteiger partial charge in [-0.3, -0.25) is 9.55 Å². The molecule has 0 saturated heterocycles. The summed E-state index contributed by atoms with van der Waals surface area (Å²) in [4.78, 5) is 27.4. The summed E-state index contributed by atoms with van der Waals surface area (Å²) in [6.07, 6.45) is 3.23. The van der Waals surface area contributed by atoms with E-state index in [1.807, 2.05) is 0 Å². The van der Waals surface area contributed by atoms with Crippen LogP contribution in [0.3, 0.4) is 0 Å². The van der Waals surface area contributed by atoms with Crippen LogP contribution in [0.1, 0.15) is 34.9 Å². The molecule has 0 unspecified atom stereocenters. The molecule has 1 fully saturated rings. The molecule has 1 aliphatic carbocycles.